The van der Waals surface area contributed by atoms with Gasteiger partial charge >= 0.3 is 11.7 Å². The topological polar surface area (TPSA) is 126 Å². The number of carbonyl (C=O) groups excluding carboxylic acids is 1. The first-order valence-electron chi connectivity index (χ1n) is 10.4. The highest BCUT2D eigenvalue weighted by atomic mass is 16.6. The molecule has 5 rings (SSSR count). The molecule has 0 bridgehead atoms. The summed E-state index contributed by atoms with van der Waals surface area (Å²) in [5.74, 6) is -0.864. The zero-order valence-electron chi connectivity index (χ0n) is 18.4. The van der Waals surface area contributed by atoms with E-state index in [4.69, 9.17) is 9.73 Å². The van der Waals surface area contributed by atoms with E-state index in [1.807, 2.05) is 12.1 Å². The van der Waals surface area contributed by atoms with E-state index in [-0.39, 0.29) is 22.8 Å². The molecule has 10 heteroatoms. The molecule has 0 saturated heterocycles. The molecule has 34 heavy (non-hydrogen) atoms. The molecule has 1 aliphatic carbocycles. The van der Waals surface area contributed by atoms with Gasteiger partial charge in [0.25, 0.3) is 11.2 Å². The van der Waals surface area contributed by atoms with E-state index in [1.165, 1.54) is 37.7 Å². The lowest BCUT2D eigenvalue weighted by molar-refractivity contribution is -0.384. The molecule has 1 aliphatic heterocycles. The van der Waals surface area contributed by atoms with Crippen LogP contribution in [0, 0.1) is 10.1 Å². The van der Waals surface area contributed by atoms with E-state index >= 15 is 0 Å². The Bertz CT molecular complexity index is 1590. The molecule has 0 spiro atoms. The summed E-state index contributed by atoms with van der Waals surface area (Å²) in [6.07, 6.45) is 0. The number of aliphatic imine (C=N–C) groups is 1. The summed E-state index contributed by atoms with van der Waals surface area (Å²) in [6, 6.07) is 13.0. The summed E-state index contributed by atoms with van der Waals surface area (Å²) in [5, 5.41) is 11.2. The van der Waals surface area contributed by atoms with Crippen LogP contribution in [0.1, 0.15) is 35.1 Å². The zero-order valence-corrected chi connectivity index (χ0v) is 18.4. The van der Waals surface area contributed by atoms with Crippen LogP contribution < -0.4 is 11.2 Å². The molecule has 0 fully saturated rings. The Balaban J connectivity index is 1.91. The smallest absolute Gasteiger partial charge is 0.332 e. The maximum atomic E-state index is 13.4. The molecule has 1 aromatic heterocycles. The average molecular weight is 458 g/mol. The molecule has 1 atom stereocenters. The van der Waals surface area contributed by atoms with Crippen LogP contribution in [0.2, 0.25) is 0 Å². The molecule has 10 nitrogen and oxygen atoms in total. The highest BCUT2D eigenvalue weighted by Gasteiger charge is 2.42. The Morgan fingerprint density at radius 2 is 1.68 bits per heavy atom. The number of nitrogens with zero attached hydrogens (tertiary/aromatic N) is 4. The number of ether oxygens (including phenoxy) is 1. The van der Waals surface area contributed by atoms with Crippen molar-refractivity contribution in [3.8, 4) is 0 Å². The monoisotopic (exact) mass is 458 g/mol. The molecule has 2 heterocycles. The van der Waals surface area contributed by atoms with Gasteiger partial charge in [-0.25, -0.2) is 9.79 Å². The lowest BCUT2D eigenvalue weighted by atomic mass is 9.81. The second-order valence-corrected chi connectivity index (χ2v) is 8.07. The summed E-state index contributed by atoms with van der Waals surface area (Å²) in [6.45, 7) is 1.28. The van der Waals surface area contributed by atoms with Gasteiger partial charge in [-0.2, -0.15) is 0 Å². The minimum absolute atomic E-state index is 0.106. The van der Waals surface area contributed by atoms with Gasteiger partial charge in [-0.05, 0) is 5.56 Å². The van der Waals surface area contributed by atoms with E-state index in [1.54, 1.807) is 24.3 Å². The molecule has 0 unspecified atom stereocenters. The van der Waals surface area contributed by atoms with Crippen LogP contribution in [0.3, 0.4) is 0 Å². The van der Waals surface area contributed by atoms with Crippen molar-refractivity contribution in [1.29, 1.82) is 0 Å². The molecule has 3 aromatic rings. The van der Waals surface area contributed by atoms with Gasteiger partial charge in [-0.15, -0.1) is 0 Å². The molecule has 2 aliphatic rings. The molecule has 0 radical (unpaired) electrons. The van der Waals surface area contributed by atoms with Crippen molar-refractivity contribution >= 4 is 28.9 Å². The van der Waals surface area contributed by atoms with Crippen LogP contribution in [0.25, 0.3) is 5.76 Å². The second kappa shape index (κ2) is 7.48. The van der Waals surface area contributed by atoms with E-state index in [0.717, 1.165) is 4.57 Å². The van der Waals surface area contributed by atoms with Crippen molar-refractivity contribution in [1.82, 2.24) is 9.13 Å². The Labute approximate surface area is 192 Å². The Kier molecular flexibility index (Phi) is 4.67. The minimum Gasteiger partial charge on any atom is -0.426 e. The normalized spacial score (nSPS) is 15.9. The predicted octanol–water partition coefficient (Wildman–Crippen LogP) is 2.55. The third kappa shape index (κ3) is 2.95. The molecule has 170 valence electrons. The summed E-state index contributed by atoms with van der Waals surface area (Å²) in [4.78, 5) is 53.5. The standard InChI is InChI=1S/C24H18N4O6/c1-12(29)34-21-16-7-5-4-6-15(16)20-18(21)17(13-8-10-14(11-9-13)28(32)33)19-22(25-20)26(2)24(31)27(3)23(19)30/h4-11,17H,1-3H3/t17-/m1/s1. The zero-order chi connectivity index (χ0) is 24.3. The number of esters is 1. The van der Waals surface area contributed by atoms with Crippen LogP contribution in [0.5, 0.6) is 0 Å². The first-order chi connectivity index (χ1) is 16.2. The SMILES string of the molecule is CC(=O)OC1=C2C(=Nc3c(c(=O)n(C)c(=O)n3C)[C@@H]2c2ccc([N+](=O)[O-])cc2)c2ccccc21. The molecule has 0 amide bonds. The van der Waals surface area contributed by atoms with Gasteiger partial charge in [0.2, 0.25) is 0 Å². The molecule has 0 saturated carbocycles. The molecule has 2 aromatic carbocycles. The van der Waals surface area contributed by atoms with Crippen molar-refractivity contribution < 1.29 is 14.5 Å². The molecular weight excluding hydrogens is 440 g/mol. The van der Waals surface area contributed by atoms with Crippen molar-refractivity contribution in [2.45, 2.75) is 12.8 Å². The van der Waals surface area contributed by atoms with Crippen LogP contribution in [0.15, 0.2) is 68.7 Å². The first kappa shape index (κ1) is 21.3. The fourth-order valence-electron chi connectivity index (χ4n) is 4.55. The average Bonchev–Trinajstić information content (AvgIpc) is 3.13. The van der Waals surface area contributed by atoms with Gasteiger partial charge in [0.1, 0.15) is 11.6 Å². The summed E-state index contributed by atoms with van der Waals surface area (Å²) in [5.41, 5.74) is 1.89. The summed E-state index contributed by atoms with van der Waals surface area (Å²) in [7, 11) is 2.90. The van der Waals surface area contributed by atoms with E-state index < -0.39 is 28.1 Å². The Morgan fingerprint density at radius 3 is 2.29 bits per heavy atom. The quantitative estimate of drug-likeness (QED) is 0.337. The van der Waals surface area contributed by atoms with Crippen LogP contribution in [-0.4, -0.2) is 25.7 Å². The van der Waals surface area contributed by atoms with E-state index in [2.05, 4.69) is 0 Å². The van der Waals surface area contributed by atoms with Crippen molar-refractivity contribution in [2.75, 3.05) is 0 Å². The number of hydrogen-bond donors (Lipinski definition) is 0. The Morgan fingerprint density at radius 1 is 1.03 bits per heavy atom. The van der Waals surface area contributed by atoms with Crippen molar-refractivity contribution in [2.24, 2.45) is 19.1 Å². The van der Waals surface area contributed by atoms with Gasteiger partial charge < -0.3 is 4.74 Å². The summed E-state index contributed by atoms with van der Waals surface area (Å²) < 4.78 is 7.92. The van der Waals surface area contributed by atoms with Gasteiger partial charge in [0, 0.05) is 55.8 Å². The number of fused-ring (bicyclic) bond motifs is 4. The number of non-ortho nitro benzene ring substituents is 1. The van der Waals surface area contributed by atoms with Crippen LogP contribution >= 0.6 is 0 Å². The van der Waals surface area contributed by atoms with E-state index in [9.17, 15) is 24.5 Å². The van der Waals surface area contributed by atoms with Crippen LogP contribution in [0.4, 0.5) is 11.5 Å². The molecular formula is C24H18N4O6. The fourth-order valence-corrected chi connectivity index (χ4v) is 4.55. The third-order valence-electron chi connectivity index (χ3n) is 6.07. The second-order valence-electron chi connectivity index (χ2n) is 8.07. The van der Waals surface area contributed by atoms with Crippen LogP contribution in [-0.2, 0) is 23.6 Å². The maximum Gasteiger partial charge on any atom is 0.332 e. The number of nitro benzene ring substituents is 1. The number of rotatable bonds is 3. The number of aromatic nitrogens is 2. The number of carbonyl (C=O) groups is 1. The number of allylic oxidation sites excluding steroid dienone is 1. The van der Waals surface area contributed by atoms with Crippen molar-refractivity contribution in [3.05, 3.63) is 107 Å². The van der Waals surface area contributed by atoms with E-state index in [0.29, 0.717) is 28.0 Å². The fraction of sp³-hybridized carbons (Fsp3) is 0.167. The highest BCUT2D eigenvalue weighted by molar-refractivity contribution is 6.25. The predicted molar refractivity (Wildman–Crippen MR) is 123 cm³/mol. The van der Waals surface area contributed by atoms with Gasteiger partial charge in [0.15, 0.2) is 0 Å². The number of nitro groups is 1. The van der Waals surface area contributed by atoms with Gasteiger partial charge in [-0.1, -0.05) is 36.4 Å². The van der Waals surface area contributed by atoms with Gasteiger partial charge in [-0.3, -0.25) is 28.8 Å². The largest absolute Gasteiger partial charge is 0.426 e. The lowest BCUT2D eigenvalue weighted by Gasteiger charge is -2.27. The Hall–Kier alpha value is -4.60. The highest BCUT2D eigenvalue weighted by Crippen LogP contribution is 2.48. The lowest BCUT2D eigenvalue weighted by Crippen LogP contribution is -2.41. The maximum absolute atomic E-state index is 13.4. The van der Waals surface area contributed by atoms with Gasteiger partial charge in [0.05, 0.1) is 16.2 Å². The number of benzene rings is 2. The van der Waals surface area contributed by atoms with Crippen molar-refractivity contribution in [3.63, 3.8) is 0 Å². The summed E-state index contributed by atoms with van der Waals surface area (Å²) >= 11 is 0. The number of hydrogen-bond acceptors (Lipinski definition) is 7. The molecule has 0 N–H and O–H groups in total. The third-order valence-corrected chi connectivity index (χ3v) is 6.07. The minimum atomic E-state index is -0.782. The first-order valence-corrected chi connectivity index (χ1v) is 10.4.